The van der Waals surface area contributed by atoms with E-state index in [1.165, 1.54) is 0 Å². The minimum atomic E-state index is -1.57. The monoisotopic (exact) mass is 230 g/mol. The Morgan fingerprint density at radius 2 is 1.67 bits per heavy atom. The van der Waals surface area contributed by atoms with Crippen molar-refractivity contribution < 1.29 is 24.6 Å². The molecule has 1 unspecified atom stereocenters. The Morgan fingerprint density at radius 3 is 2.07 bits per heavy atom. The number of carbonyl (C=O) groups is 3. The number of ketones is 1. The molecule has 1 aliphatic heterocycles. The summed E-state index contributed by atoms with van der Waals surface area (Å²) in [6.07, 6.45) is 2.94. The predicted octanol–water partition coefficient (Wildman–Crippen LogP) is 0.526. The number of hydrogen-bond donors (Lipinski definition) is 3. The molecule has 0 fully saturated rings. The summed E-state index contributed by atoms with van der Waals surface area (Å²) in [4.78, 5) is 32.3. The zero-order valence-corrected chi connectivity index (χ0v) is 8.55. The van der Waals surface area contributed by atoms with Crippen LogP contribution in [0.3, 0.4) is 0 Å². The number of allylic oxidation sites excluding steroid dienone is 2. The zero-order chi connectivity index (χ0) is 11.4. The molecule has 0 saturated carbocycles. The molecule has 2 N–H and O–H groups in total. The summed E-state index contributed by atoms with van der Waals surface area (Å²) in [6.45, 7) is 0. The Labute approximate surface area is 88.4 Å². The highest BCUT2D eigenvalue weighted by molar-refractivity contribution is 8.23. The quantitative estimate of drug-likeness (QED) is 0.473. The van der Waals surface area contributed by atoms with Gasteiger partial charge in [-0.05, 0) is 10.8 Å². The molecule has 0 radical (unpaired) electrons. The van der Waals surface area contributed by atoms with Crippen molar-refractivity contribution in [2.45, 2.75) is 11.7 Å². The van der Waals surface area contributed by atoms with Gasteiger partial charge in [0.1, 0.15) is 0 Å². The average molecular weight is 230 g/mol. The smallest absolute Gasteiger partial charge is 0.373 e. The van der Waals surface area contributed by atoms with Crippen LogP contribution < -0.4 is 0 Å². The van der Waals surface area contributed by atoms with E-state index in [1.807, 2.05) is 0 Å². The van der Waals surface area contributed by atoms with Crippen LogP contribution >= 0.6 is 10.9 Å². The van der Waals surface area contributed by atoms with Crippen LogP contribution in [0.5, 0.6) is 0 Å². The van der Waals surface area contributed by atoms with Crippen molar-refractivity contribution in [3.63, 3.8) is 0 Å². The molecule has 5 nitrogen and oxygen atoms in total. The van der Waals surface area contributed by atoms with Gasteiger partial charge in [0.2, 0.25) is 0 Å². The molecular formula is C9H10O5S. The van der Waals surface area contributed by atoms with Crippen LogP contribution in [0.2, 0.25) is 0 Å². The molecule has 0 amide bonds. The molecule has 0 aliphatic carbocycles. The van der Waals surface area contributed by atoms with Crippen LogP contribution in [-0.2, 0) is 14.4 Å². The van der Waals surface area contributed by atoms with Crippen molar-refractivity contribution in [1.82, 2.24) is 0 Å². The summed E-state index contributed by atoms with van der Waals surface area (Å²) in [5.74, 6) is -3.76. The molecule has 0 aromatic carbocycles. The van der Waals surface area contributed by atoms with Gasteiger partial charge in [0, 0.05) is 0 Å². The summed E-state index contributed by atoms with van der Waals surface area (Å²) in [5, 5.41) is 19.6. The van der Waals surface area contributed by atoms with E-state index in [1.54, 1.807) is 23.0 Å². The fraction of sp³-hybridized carbons (Fsp3) is 0.222. The van der Waals surface area contributed by atoms with E-state index in [4.69, 9.17) is 10.2 Å². The maximum absolute atomic E-state index is 11.3. The summed E-state index contributed by atoms with van der Waals surface area (Å²) in [6, 6.07) is 0. The number of carbonyl (C=O) groups excluding carboxylic acids is 1. The van der Waals surface area contributed by atoms with Gasteiger partial charge in [-0.1, -0.05) is 12.2 Å². The maximum Gasteiger partial charge on any atom is 0.373 e. The van der Waals surface area contributed by atoms with Crippen LogP contribution in [0.15, 0.2) is 23.0 Å². The van der Waals surface area contributed by atoms with Crippen molar-refractivity contribution in [2.75, 3.05) is 0 Å². The zero-order valence-electron chi connectivity index (χ0n) is 7.66. The van der Waals surface area contributed by atoms with Gasteiger partial charge in [0.15, 0.2) is 0 Å². The molecule has 15 heavy (non-hydrogen) atoms. The first-order valence-electron chi connectivity index (χ1n) is 4.13. The first-order chi connectivity index (χ1) is 7.02. The molecule has 1 heterocycles. The largest absolute Gasteiger partial charge is 0.481 e. The van der Waals surface area contributed by atoms with Crippen LogP contribution in [0.4, 0.5) is 0 Å². The highest BCUT2D eigenvalue weighted by Crippen LogP contribution is 2.40. The van der Waals surface area contributed by atoms with Crippen molar-refractivity contribution in [3.8, 4) is 0 Å². The number of rotatable bonds is 5. The second-order valence-electron chi connectivity index (χ2n) is 2.91. The van der Waals surface area contributed by atoms with E-state index in [2.05, 4.69) is 0 Å². The van der Waals surface area contributed by atoms with Crippen LogP contribution in [0.25, 0.3) is 0 Å². The van der Waals surface area contributed by atoms with Crippen LogP contribution in [-0.4, -0.2) is 33.2 Å². The van der Waals surface area contributed by atoms with Gasteiger partial charge < -0.3 is 10.2 Å². The van der Waals surface area contributed by atoms with E-state index >= 15 is 0 Å². The molecule has 0 aromatic heterocycles. The fourth-order valence-corrected chi connectivity index (χ4v) is 3.06. The first-order valence-corrected chi connectivity index (χ1v) is 5.68. The number of hydrogen-bond acceptors (Lipinski definition) is 3. The van der Waals surface area contributed by atoms with Crippen molar-refractivity contribution in [2.24, 2.45) is 0 Å². The van der Waals surface area contributed by atoms with Crippen LogP contribution in [0, 0.1) is 0 Å². The number of thiol groups is 1. The molecule has 0 bridgehead atoms. The van der Waals surface area contributed by atoms with Crippen LogP contribution in [0.1, 0.15) is 6.42 Å². The van der Waals surface area contributed by atoms with Crippen molar-refractivity contribution in [3.05, 3.63) is 23.0 Å². The Morgan fingerprint density at radius 1 is 1.13 bits per heavy atom. The molecule has 1 aliphatic rings. The van der Waals surface area contributed by atoms with Gasteiger partial charge in [0.05, 0.1) is 11.7 Å². The summed E-state index contributed by atoms with van der Waals surface area (Å²) < 4.78 is 0. The lowest BCUT2D eigenvalue weighted by atomic mass is 10.2. The Balaban J connectivity index is 2.82. The minimum Gasteiger partial charge on any atom is -0.481 e. The molecule has 0 spiro atoms. The van der Waals surface area contributed by atoms with E-state index in [9.17, 15) is 14.4 Å². The van der Waals surface area contributed by atoms with E-state index in [-0.39, 0.29) is 0 Å². The van der Waals surface area contributed by atoms with Gasteiger partial charge in [-0.25, -0.2) is 15.7 Å². The lowest BCUT2D eigenvalue weighted by Gasteiger charge is -2.19. The Kier molecular flexibility index (Phi) is 3.68. The maximum atomic E-state index is 11.3. The Hall–Kier alpha value is -1.56. The highest BCUT2D eigenvalue weighted by atomic mass is 32.2. The summed E-state index contributed by atoms with van der Waals surface area (Å²) in [5.41, 5.74) is 0. The van der Waals surface area contributed by atoms with Gasteiger partial charge >= 0.3 is 11.9 Å². The molecule has 0 aromatic rings. The van der Waals surface area contributed by atoms with E-state index < -0.39 is 40.3 Å². The normalized spacial score (nSPS) is 17.7. The Bertz CT molecular complexity index is 346. The topological polar surface area (TPSA) is 91.7 Å². The number of carboxylic acids is 2. The molecule has 6 heteroatoms. The summed E-state index contributed by atoms with van der Waals surface area (Å²) in [7, 11) is -1.09. The predicted molar refractivity (Wildman–Crippen MR) is 55.9 cm³/mol. The molecule has 0 saturated heterocycles. The lowest BCUT2D eigenvalue weighted by Crippen LogP contribution is -2.29. The number of aliphatic carboxylic acids is 2. The highest BCUT2D eigenvalue weighted by Gasteiger charge is 2.30. The third-order valence-corrected chi connectivity index (χ3v) is 4.04. The minimum absolute atomic E-state index is 0.439. The third-order valence-electron chi connectivity index (χ3n) is 1.87. The average Bonchev–Trinajstić information content (AvgIpc) is 2.65. The van der Waals surface area contributed by atoms with Gasteiger partial charge in [0.25, 0.3) is 5.78 Å². The second-order valence-corrected chi connectivity index (χ2v) is 5.03. The third kappa shape index (κ3) is 2.95. The van der Waals surface area contributed by atoms with E-state index in [0.717, 1.165) is 0 Å². The second kappa shape index (κ2) is 4.79. The van der Waals surface area contributed by atoms with Crippen molar-refractivity contribution >= 4 is 28.6 Å². The molecular weight excluding hydrogens is 220 g/mol. The molecule has 82 valence electrons. The van der Waals surface area contributed by atoms with Gasteiger partial charge in [-0.3, -0.25) is 9.59 Å². The van der Waals surface area contributed by atoms with Crippen molar-refractivity contribution in [1.29, 1.82) is 0 Å². The number of Topliss-reactive ketones (excluding diaryl/α,β-unsaturated/α-hetero) is 1. The van der Waals surface area contributed by atoms with Gasteiger partial charge in [-0.15, -0.1) is 0 Å². The fourth-order valence-electron chi connectivity index (χ4n) is 1.20. The SMILES string of the molecule is O=C(O)CC(C(=O)C(=O)O)[SH]1C=CC=C1. The van der Waals surface area contributed by atoms with E-state index in [0.29, 0.717) is 0 Å². The first kappa shape index (κ1) is 11.5. The standard InChI is InChI=1S/C9H10O5S/c10-7(11)5-6(8(12)9(13)14)15-3-1-2-4-15/h1-4,6,15H,5H2,(H,10,11)(H,13,14). The van der Waals surface area contributed by atoms with Gasteiger partial charge in [-0.2, -0.15) is 0 Å². The molecule has 1 rings (SSSR count). The lowest BCUT2D eigenvalue weighted by molar-refractivity contribution is -0.149. The number of carboxylic acid groups (broad SMARTS) is 2. The summed E-state index contributed by atoms with van der Waals surface area (Å²) >= 11 is 0. The molecule has 1 atom stereocenters.